The van der Waals surface area contributed by atoms with Gasteiger partial charge in [-0.3, -0.25) is 9.59 Å². The maximum atomic E-state index is 13.3. The first-order valence-corrected chi connectivity index (χ1v) is 32.1. The Bertz CT molecular complexity index is 3250. The second kappa shape index (κ2) is 28.3. The van der Waals surface area contributed by atoms with E-state index in [4.69, 9.17) is 39.8 Å². The number of fused-ring (bicyclic) bond motifs is 4. The molecule has 2 unspecified atom stereocenters. The smallest absolute Gasteiger partial charge is 0.410 e. The molecule has 23 heteroatoms. The number of nitrogens with zero attached hydrogens (tertiary/aromatic N) is 6. The fourth-order valence-electron chi connectivity index (χ4n) is 8.99. The van der Waals surface area contributed by atoms with Crippen LogP contribution in [-0.4, -0.2) is 132 Å². The van der Waals surface area contributed by atoms with Crippen molar-refractivity contribution in [3.8, 4) is 21.1 Å². The first-order valence-electron chi connectivity index (χ1n) is 28.9. The Morgan fingerprint density at radius 3 is 1.41 bits per heavy atom. The summed E-state index contributed by atoms with van der Waals surface area (Å²) in [4.78, 5) is 92.2. The minimum absolute atomic E-state index is 0.0239. The van der Waals surface area contributed by atoms with E-state index < -0.39 is 40.6 Å². The van der Waals surface area contributed by atoms with Gasteiger partial charge in [-0.2, -0.15) is 0 Å². The van der Waals surface area contributed by atoms with Crippen molar-refractivity contribution in [3.05, 3.63) is 69.4 Å². The third kappa shape index (κ3) is 19.2. The number of benzene rings is 2. The molecule has 2 aromatic carbocycles. The normalized spacial score (nSPS) is 14.1. The Morgan fingerprint density at radius 2 is 1.00 bits per heavy atom. The van der Waals surface area contributed by atoms with Crippen LogP contribution < -0.4 is 11.1 Å². The van der Waals surface area contributed by atoms with Gasteiger partial charge in [0, 0.05) is 65.6 Å². The average Bonchev–Trinajstić information content (AvgIpc) is 2.66. The number of carboxylic acid groups (broad SMARTS) is 1. The van der Waals surface area contributed by atoms with Crippen LogP contribution in [-0.2, 0) is 54.5 Å². The highest BCUT2D eigenvalue weighted by Crippen LogP contribution is 2.47. The Kier molecular flexibility index (Phi) is 22.5. The number of carbonyl (C=O) groups excluding carboxylic acids is 5. The van der Waals surface area contributed by atoms with Crippen molar-refractivity contribution in [1.29, 1.82) is 0 Å². The van der Waals surface area contributed by atoms with Gasteiger partial charge in [0.25, 0.3) is 0 Å². The number of anilines is 2. The Labute approximate surface area is 516 Å². The van der Waals surface area contributed by atoms with Crippen LogP contribution in [0.15, 0.2) is 48.5 Å². The summed E-state index contributed by atoms with van der Waals surface area (Å²) in [6, 6.07) is 16.0. The average molecular weight is 1250 g/mol. The van der Waals surface area contributed by atoms with E-state index >= 15 is 0 Å². The standard InChI is InChI=1S/C31H42N4O5S2.C19H21N3O2S2.C12H23NO4/c1-9-19(2)35(29(38)40-31(6,7)8)17-15-24(36)33-27-25(26-32-21-12-10-11-13-22(21)41-26)20-14-16-34(18-23(20)42-27)28(37)39-30(3,4)5;1-19(2,3)24-18(23)22-9-8-11-14(10-22)25-16(20)15(11)17-21-12-6-4-5-7-13(12)26-17;1-6-9(2)13(8-7-10(14)15)11(16)17-12(3,4)5/h10-13,19H,9,14-18H2,1-8H3,(H,33,36);4-7H,8-10,20H2,1-3H3;9H,6-8H2,1-5H3,(H,14,15). The number of amides is 5. The molecule has 0 saturated heterocycles. The molecule has 0 spiro atoms. The lowest BCUT2D eigenvalue weighted by Gasteiger charge is -2.31. The predicted molar refractivity (Wildman–Crippen MR) is 342 cm³/mol. The van der Waals surface area contributed by atoms with E-state index in [0.717, 1.165) is 81.2 Å². The van der Waals surface area contributed by atoms with Gasteiger partial charge in [0.1, 0.15) is 37.4 Å². The molecule has 0 aliphatic carbocycles. The van der Waals surface area contributed by atoms with Gasteiger partial charge in [-0.15, -0.1) is 45.3 Å². The largest absolute Gasteiger partial charge is 0.481 e. The SMILES string of the molecule is CC(C)(C)OC(=O)N1CCc2c(sc(N)c2-c2nc3ccccc3s2)C1.CCC(C)N(CCC(=O)Nc1sc2c(c1-c1nc3ccccc3s1)CCN(C(=O)OC(C)(C)C)C2)C(=O)OC(C)(C)C.CCC(C)N(CCC(=O)O)C(=O)OC(C)(C)C. The molecule has 0 bridgehead atoms. The number of hydrogen-bond acceptors (Lipinski definition) is 17. The third-order valence-electron chi connectivity index (χ3n) is 13.4. The summed E-state index contributed by atoms with van der Waals surface area (Å²) in [7, 11) is 0. The Hall–Kier alpha value is -6.56. The summed E-state index contributed by atoms with van der Waals surface area (Å²) in [6.07, 6.45) is 1.48. The number of para-hydroxylation sites is 2. The molecule has 0 fully saturated rings. The number of thiophene rings is 2. The summed E-state index contributed by atoms with van der Waals surface area (Å²) < 4.78 is 24.2. The number of nitrogens with one attached hydrogen (secondary N) is 1. The van der Waals surface area contributed by atoms with Gasteiger partial charge in [-0.25, -0.2) is 29.1 Å². The fourth-order valence-corrected chi connectivity index (χ4v) is 13.6. The quantitative estimate of drug-likeness (QED) is 0.0912. The zero-order valence-electron chi connectivity index (χ0n) is 52.2. The number of carboxylic acids is 1. The molecule has 2 aliphatic rings. The molecule has 464 valence electrons. The highest BCUT2D eigenvalue weighted by Gasteiger charge is 2.34. The van der Waals surface area contributed by atoms with E-state index in [1.54, 1.807) is 69.5 Å². The monoisotopic (exact) mass is 1250 g/mol. The lowest BCUT2D eigenvalue weighted by atomic mass is 10.0. The van der Waals surface area contributed by atoms with Crippen LogP contribution in [0.3, 0.4) is 0 Å². The minimum atomic E-state index is -0.915. The summed E-state index contributed by atoms with van der Waals surface area (Å²) in [5.74, 6) is -1.11. The maximum absolute atomic E-state index is 13.3. The van der Waals surface area contributed by atoms with E-state index in [1.807, 2.05) is 132 Å². The highest BCUT2D eigenvalue weighted by atomic mass is 32.1. The van der Waals surface area contributed by atoms with Crippen molar-refractivity contribution in [1.82, 2.24) is 29.6 Å². The lowest BCUT2D eigenvalue weighted by molar-refractivity contribution is -0.137. The summed E-state index contributed by atoms with van der Waals surface area (Å²) in [6.45, 7) is 32.4. The molecule has 2 atom stereocenters. The van der Waals surface area contributed by atoms with E-state index in [9.17, 15) is 28.8 Å². The van der Waals surface area contributed by atoms with Gasteiger partial charge in [-0.1, -0.05) is 38.1 Å². The predicted octanol–water partition coefficient (Wildman–Crippen LogP) is 15.1. The molecule has 85 heavy (non-hydrogen) atoms. The van der Waals surface area contributed by atoms with Crippen LogP contribution in [0.1, 0.15) is 157 Å². The summed E-state index contributed by atoms with van der Waals surface area (Å²) in [5, 5.41) is 15.1. The number of hydrogen-bond donors (Lipinski definition) is 3. The van der Waals surface area contributed by atoms with Gasteiger partial charge >= 0.3 is 30.3 Å². The molecule has 8 rings (SSSR count). The maximum Gasteiger partial charge on any atom is 0.410 e. The molecule has 4 aromatic heterocycles. The fraction of sp³-hybridized carbons (Fsp3) is 0.548. The van der Waals surface area contributed by atoms with Crippen LogP contribution in [0, 0.1) is 0 Å². The van der Waals surface area contributed by atoms with Gasteiger partial charge in [0.15, 0.2) is 0 Å². The third-order valence-corrected chi connectivity index (χ3v) is 17.6. The first kappa shape index (κ1) is 67.6. The first-order chi connectivity index (χ1) is 39.6. The topological polar surface area (TPSA) is 236 Å². The van der Waals surface area contributed by atoms with Gasteiger partial charge in [0.05, 0.1) is 44.9 Å². The summed E-state index contributed by atoms with van der Waals surface area (Å²) in [5.41, 5.74) is 10.3. The van der Waals surface area contributed by atoms with Crippen LogP contribution in [0.2, 0.25) is 0 Å². The molecule has 6 heterocycles. The molecule has 0 saturated carbocycles. The number of rotatable bonds is 13. The molecule has 0 radical (unpaired) electrons. The summed E-state index contributed by atoms with van der Waals surface area (Å²) >= 11 is 6.28. The molecule has 19 nitrogen and oxygen atoms in total. The van der Waals surface area contributed by atoms with Crippen molar-refractivity contribution in [3.63, 3.8) is 0 Å². The van der Waals surface area contributed by atoms with E-state index in [-0.39, 0.29) is 56.1 Å². The number of carbonyl (C=O) groups is 6. The van der Waals surface area contributed by atoms with Crippen molar-refractivity contribution < 1.29 is 52.8 Å². The van der Waals surface area contributed by atoms with Crippen molar-refractivity contribution in [2.45, 2.75) is 197 Å². The van der Waals surface area contributed by atoms with Crippen LogP contribution in [0.25, 0.3) is 41.6 Å². The molecular weight excluding hydrogens is 1160 g/mol. The van der Waals surface area contributed by atoms with Gasteiger partial charge < -0.3 is 54.7 Å². The number of nitrogen functional groups attached to an aromatic ring is 1. The number of aromatic nitrogens is 2. The van der Waals surface area contributed by atoms with Crippen LogP contribution >= 0.6 is 45.3 Å². The lowest BCUT2D eigenvalue weighted by Crippen LogP contribution is -2.43. The van der Waals surface area contributed by atoms with Gasteiger partial charge in [0.2, 0.25) is 5.91 Å². The molecule has 6 aromatic rings. The minimum Gasteiger partial charge on any atom is -0.481 e. The molecule has 5 amide bonds. The highest BCUT2D eigenvalue weighted by molar-refractivity contribution is 7.23. The number of aliphatic carboxylic acids is 1. The van der Waals surface area contributed by atoms with E-state index in [2.05, 4.69) is 11.4 Å². The van der Waals surface area contributed by atoms with E-state index in [1.165, 1.54) is 21.8 Å². The van der Waals surface area contributed by atoms with Crippen molar-refractivity contribution in [2.75, 3.05) is 37.2 Å². The zero-order chi connectivity index (χ0) is 62.9. The number of nitrogens with two attached hydrogens (primary N) is 1. The Balaban J connectivity index is 0.000000228. The molecule has 2 aliphatic heterocycles. The molecular formula is C62H86N8O11S4. The van der Waals surface area contributed by atoms with E-state index in [0.29, 0.717) is 37.6 Å². The van der Waals surface area contributed by atoms with Gasteiger partial charge in [-0.05, 0) is 158 Å². The van der Waals surface area contributed by atoms with Crippen molar-refractivity contribution >= 4 is 112 Å². The second-order valence-electron chi connectivity index (χ2n) is 25.0. The molecule has 4 N–H and O–H groups in total. The van der Waals surface area contributed by atoms with Crippen LogP contribution in [0.4, 0.5) is 29.2 Å². The number of ether oxygens (including phenoxy) is 4. The zero-order valence-corrected chi connectivity index (χ0v) is 55.4. The van der Waals surface area contributed by atoms with Crippen LogP contribution in [0.5, 0.6) is 0 Å². The van der Waals surface area contributed by atoms with Crippen molar-refractivity contribution in [2.24, 2.45) is 0 Å². The number of thiazole rings is 2. The second-order valence-corrected chi connectivity index (χ2v) is 29.3. The Morgan fingerprint density at radius 1 is 0.600 bits per heavy atom.